The zero-order chi connectivity index (χ0) is 13.4. The fourth-order valence-corrected chi connectivity index (χ4v) is 3.36. The van der Waals surface area contributed by atoms with Gasteiger partial charge in [0.2, 0.25) is 0 Å². The summed E-state index contributed by atoms with van der Waals surface area (Å²) in [5.74, 6) is 0.945. The second-order valence-electron chi connectivity index (χ2n) is 4.94. The van der Waals surface area contributed by atoms with Gasteiger partial charge in [-0.25, -0.2) is 4.98 Å². The number of nitrogens with zero attached hydrogens (tertiary/aromatic N) is 3. The number of aliphatic carboxylic acids is 1. The van der Waals surface area contributed by atoms with Crippen molar-refractivity contribution in [1.82, 2.24) is 14.8 Å². The minimum absolute atomic E-state index is 0.215. The van der Waals surface area contributed by atoms with E-state index in [1.54, 1.807) is 16.0 Å². The zero-order valence-corrected chi connectivity index (χ0v) is 11.4. The van der Waals surface area contributed by atoms with Crippen molar-refractivity contribution in [3.63, 3.8) is 0 Å². The molecule has 0 bridgehead atoms. The summed E-state index contributed by atoms with van der Waals surface area (Å²) in [6.45, 7) is 0. The minimum Gasteiger partial charge on any atom is -0.481 e. The van der Waals surface area contributed by atoms with Crippen LogP contribution in [0.5, 0.6) is 0 Å². The molecule has 1 fully saturated rings. The standard InChI is InChI=1S/C13H15N3O2S/c1-16-12(8-4-5-9(7-8)13(17)18)14-11(15-16)10-3-2-6-19-10/h2-3,6,8-9H,4-5,7H2,1H3,(H,17,18). The number of carboxylic acids is 1. The Kier molecular flexibility index (Phi) is 3.10. The van der Waals surface area contributed by atoms with Crippen molar-refractivity contribution in [3.8, 4) is 10.7 Å². The monoisotopic (exact) mass is 277 g/mol. The van der Waals surface area contributed by atoms with E-state index in [-0.39, 0.29) is 11.8 Å². The van der Waals surface area contributed by atoms with Crippen LogP contribution >= 0.6 is 11.3 Å². The predicted molar refractivity (Wildman–Crippen MR) is 72.0 cm³/mol. The van der Waals surface area contributed by atoms with Gasteiger partial charge in [0, 0.05) is 13.0 Å². The van der Waals surface area contributed by atoms with E-state index in [0.29, 0.717) is 6.42 Å². The Balaban J connectivity index is 1.84. The molecule has 2 aromatic heterocycles. The molecule has 1 N–H and O–H groups in total. The molecule has 0 aromatic carbocycles. The molecule has 100 valence electrons. The SMILES string of the molecule is Cn1nc(-c2cccs2)nc1C1CCC(C(=O)O)C1. The molecule has 1 aliphatic carbocycles. The highest BCUT2D eigenvalue weighted by atomic mass is 32.1. The van der Waals surface area contributed by atoms with Crippen LogP contribution in [0.3, 0.4) is 0 Å². The number of carboxylic acid groups (broad SMARTS) is 1. The highest BCUT2D eigenvalue weighted by Crippen LogP contribution is 2.38. The summed E-state index contributed by atoms with van der Waals surface area (Å²) in [6, 6.07) is 3.98. The van der Waals surface area contributed by atoms with Gasteiger partial charge < -0.3 is 5.11 Å². The molecule has 6 heteroatoms. The van der Waals surface area contributed by atoms with Crippen molar-refractivity contribution in [2.75, 3.05) is 0 Å². The molecule has 2 atom stereocenters. The lowest BCUT2D eigenvalue weighted by Crippen LogP contribution is -2.10. The van der Waals surface area contributed by atoms with Crippen LogP contribution < -0.4 is 0 Å². The minimum atomic E-state index is -0.692. The Labute approximate surface area is 114 Å². The number of carbonyl (C=O) groups is 1. The fraction of sp³-hybridized carbons (Fsp3) is 0.462. The molecule has 19 heavy (non-hydrogen) atoms. The summed E-state index contributed by atoms with van der Waals surface area (Å²) in [7, 11) is 1.88. The van der Waals surface area contributed by atoms with Gasteiger partial charge in [-0.3, -0.25) is 9.48 Å². The molecule has 2 aromatic rings. The van der Waals surface area contributed by atoms with Crippen LogP contribution in [0.2, 0.25) is 0 Å². The molecule has 5 nitrogen and oxygen atoms in total. The summed E-state index contributed by atoms with van der Waals surface area (Å²) in [4.78, 5) is 16.7. The molecule has 2 heterocycles. The van der Waals surface area contributed by atoms with Crippen LogP contribution in [-0.2, 0) is 11.8 Å². The van der Waals surface area contributed by atoms with E-state index in [4.69, 9.17) is 5.11 Å². The summed E-state index contributed by atoms with van der Waals surface area (Å²) >= 11 is 1.61. The largest absolute Gasteiger partial charge is 0.481 e. The Morgan fingerprint density at radius 1 is 1.53 bits per heavy atom. The van der Waals surface area contributed by atoms with Crippen molar-refractivity contribution in [3.05, 3.63) is 23.3 Å². The Hall–Kier alpha value is -1.69. The normalized spacial score (nSPS) is 22.8. The van der Waals surface area contributed by atoms with E-state index in [9.17, 15) is 4.79 Å². The van der Waals surface area contributed by atoms with Gasteiger partial charge in [0.15, 0.2) is 5.82 Å². The van der Waals surface area contributed by atoms with Crippen LogP contribution in [0, 0.1) is 5.92 Å². The number of thiophene rings is 1. The number of hydrogen-bond donors (Lipinski definition) is 1. The molecule has 0 radical (unpaired) electrons. The average molecular weight is 277 g/mol. The molecular weight excluding hydrogens is 262 g/mol. The summed E-state index contributed by atoms with van der Waals surface area (Å²) < 4.78 is 1.80. The molecule has 2 unspecified atom stereocenters. The van der Waals surface area contributed by atoms with Crippen molar-refractivity contribution >= 4 is 17.3 Å². The first-order valence-corrected chi connectivity index (χ1v) is 7.20. The lowest BCUT2D eigenvalue weighted by Gasteiger charge is -2.07. The van der Waals surface area contributed by atoms with Crippen molar-refractivity contribution in [2.24, 2.45) is 13.0 Å². The zero-order valence-electron chi connectivity index (χ0n) is 10.6. The molecule has 3 rings (SSSR count). The first kappa shape index (κ1) is 12.3. The van der Waals surface area contributed by atoms with Gasteiger partial charge in [-0.2, -0.15) is 5.10 Å². The van der Waals surface area contributed by atoms with Crippen molar-refractivity contribution in [1.29, 1.82) is 0 Å². The number of aromatic nitrogens is 3. The van der Waals surface area contributed by atoms with Crippen LogP contribution in [0.1, 0.15) is 31.0 Å². The first-order valence-electron chi connectivity index (χ1n) is 6.32. The quantitative estimate of drug-likeness (QED) is 0.936. The number of hydrogen-bond acceptors (Lipinski definition) is 4. The Morgan fingerprint density at radius 3 is 3.00 bits per heavy atom. The Bertz CT molecular complexity index is 591. The second-order valence-corrected chi connectivity index (χ2v) is 5.89. The first-order chi connectivity index (χ1) is 9.15. The summed E-state index contributed by atoms with van der Waals surface area (Å²) in [6.07, 6.45) is 2.29. The van der Waals surface area contributed by atoms with Gasteiger partial charge in [0.25, 0.3) is 0 Å². The van der Waals surface area contributed by atoms with Crippen LogP contribution in [0.4, 0.5) is 0 Å². The van der Waals surface area contributed by atoms with Gasteiger partial charge >= 0.3 is 5.97 Å². The van der Waals surface area contributed by atoms with E-state index in [0.717, 1.165) is 29.4 Å². The highest BCUT2D eigenvalue weighted by Gasteiger charge is 2.33. The van der Waals surface area contributed by atoms with Gasteiger partial charge in [-0.05, 0) is 30.7 Å². The van der Waals surface area contributed by atoms with E-state index in [2.05, 4.69) is 10.1 Å². The third-order valence-electron chi connectivity index (χ3n) is 3.69. The molecule has 0 aliphatic heterocycles. The van der Waals surface area contributed by atoms with E-state index in [1.165, 1.54) is 0 Å². The van der Waals surface area contributed by atoms with Crippen LogP contribution in [0.15, 0.2) is 17.5 Å². The van der Waals surface area contributed by atoms with E-state index in [1.807, 2.05) is 24.6 Å². The smallest absolute Gasteiger partial charge is 0.306 e. The van der Waals surface area contributed by atoms with Gasteiger partial charge in [-0.15, -0.1) is 11.3 Å². The van der Waals surface area contributed by atoms with Crippen molar-refractivity contribution < 1.29 is 9.90 Å². The lowest BCUT2D eigenvalue weighted by atomic mass is 10.0. The van der Waals surface area contributed by atoms with Gasteiger partial charge in [0.1, 0.15) is 5.82 Å². The maximum absolute atomic E-state index is 11.0. The van der Waals surface area contributed by atoms with Gasteiger partial charge in [-0.1, -0.05) is 6.07 Å². The average Bonchev–Trinajstić information content (AvgIpc) is 3.08. The third-order valence-corrected chi connectivity index (χ3v) is 4.55. The molecular formula is C13H15N3O2S. The predicted octanol–water partition coefficient (Wildman–Crippen LogP) is 2.51. The van der Waals surface area contributed by atoms with Crippen LogP contribution in [-0.4, -0.2) is 25.8 Å². The lowest BCUT2D eigenvalue weighted by molar-refractivity contribution is -0.141. The second kappa shape index (κ2) is 4.77. The summed E-state index contributed by atoms with van der Waals surface area (Å²) in [5, 5.41) is 15.5. The van der Waals surface area contributed by atoms with E-state index >= 15 is 0 Å². The topological polar surface area (TPSA) is 68.0 Å². The van der Waals surface area contributed by atoms with E-state index < -0.39 is 5.97 Å². The third kappa shape index (κ3) is 2.28. The number of aryl methyl sites for hydroxylation is 1. The maximum Gasteiger partial charge on any atom is 0.306 e. The van der Waals surface area contributed by atoms with Crippen molar-refractivity contribution in [2.45, 2.75) is 25.2 Å². The highest BCUT2D eigenvalue weighted by molar-refractivity contribution is 7.13. The molecule has 0 amide bonds. The van der Waals surface area contributed by atoms with Crippen LogP contribution in [0.25, 0.3) is 10.7 Å². The fourth-order valence-electron chi connectivity index (χ4n) is 2.70. The van der Waals surface area contributed by atoms with Gasteiger partial charge in [0.05, 0.1) is 10.8 Å². The molecule has 0 spiro atoms. The summed E-state index contributed by atoms with van der Waals surface area (Å²) in [5.41, 5.74) is 0. The number of rotatable bonds is 3. The Morgan fingerprint density at radius 2 is 2.37 bits per heavy atom. The molecule has 0 saturated heterocycles. The molecule has 1 saturated carbocycles. The molecule has 1 aliphatic rings. The maximum atomic E-state index is 11.0.